The maximum Gasteiger partial charge on any atom is 0.00540 e. The Morgan fingerprint density at radius 3 is 2.94 bits per heavy atom. The van der Waals surface area contributed by atoms with Crippen molar-refractivity contribution in [2.24, 2.45) is 5.92 Å². The summed E-state index contributed by atoms with van der Waals surface area (Å²) < 4.78 is 0. The molecule has 84 valence electrons. The molecule has 0 amide bonds. The molecule has 4 rings (SSSR count). The molecule has 1 saturated heterocycles. The lowest BCUT2D eigenvalue weighted by Gasteiger charge is -2.29. The largest absolute Gasteiger partial charge is 0.0879 e. The molecular formula is C15H19P. The summed E-state index contributed by atoms with van der Waals surface area (Å²) in [7, 11) is 0.255. The molecule has 0 spiro atoms. The number of hydrogen-bond acceptors (Lipinski definition) is 0. The third-order valence-electron chi connectivity index (χ3n) is 4.84. The lowest BCUT2D eigenvalue weighted by atomic mass is 9.98. The third-order valence-corrected chi connectivity index (χ3v) is 8.61. The van der Waals surface area contributed by atoms with Crippen LogP contribution in [0.25, 0.3) is 0 Å². The Morgan fingerprint density at radius 2 is 2.06 bits per heavy atom. The van der Waals surface area contributed by atoms with E-state index >= 15 is 0 Å². The predicted octanol–water partition coefficient (Wildman–Crippen LogP) is 4.23. The van der Waals surface area contributed by atoms with Gasteiger partial charge in [0.2, 0.25) is 0 Å². The van der Waals surface area contributed by atoms with E-state index in [4.69, 9.17) is 0 Å². The highest BCUT2D eigenvalue weighted by molar-refractivity contribution is 7.61. The molecule has 0 nitrogen and oxygen atoms in total. The number of allylic oxidation sites excluding steroid dienone is 6. The maximum absolute atomic E-state index is 2.58. The van der Waals surface area contributed by atoms with E-state index in [0.717, 1.165) is 22.9 Å². The molecular weight excluding hydrogens is 211 g/mol. The fraction of sp³-hybridized carbons (Fsp3) is 0.600. The SMILES string of the molecule is C1=CC(P2C3CC=C[C@@H]3C3=CCC[C@@H]32)CC1. The zero-order valence-electron chi connectivity index (χ0n) is 9.68. The highest BCUT2D eigenvalue weighted by Crippen LogP contribution is 2.70. The Labute approximate surface area is 99.3 Å². The van der Waals surface area contributed by atoms with Crippen LogP contribution in [0, 0.1) is 5.92 Å². The molecule has 1 fully saturated rings. The van der Waals surface area contributed by atoms with Crippen LogP contribution < -0.4 is 0 Å². The van der Waals surface area contributed by atoms with E-state index < -0.39 is 0 Å². The molecule has 0 aromatic carbocycles. The molecule has 3 aliphatic carbocycles. The van der Waals surface area contributed by atoms with Crippen molar-refractivity contribution in [2.45, 2.75) is 49.1 Å². The van der Waals surface area contributed by atoms with Gasteiger partial charge in [0, 0.05) is 11.6 Å². The second kappa shape index (κ2) is 3.57. The van der Waals surface area contributed by atoms with Crippen LogP contribution in [0.15, 0.2) is 36.0 Å². The van der Waals surface area contributed by atoms with Gasteiger partial charge >= 0.3 is 0 Å². The number of fused-ring (bicyclic) bond motifs is 3. The highest BCUT2D eigenvalue weighted by Gasteiger charge is 2.49. The van der Waals surface area contributed by atoms with Crippen LogP contribution in [0.4, 0.5) is 0 Å². The van der Waals surface area contributed by atoms with Gasteiger partial charge in [-0.25, -0.2) is 0 Å². The molecule has 0 radical (unpaired) electrons. The monoisotopic (exact) mass is 230 g/mol. The fourth-order valence-corrected chi connectivity index (χ4v) is 8.50. The van der Waals surface area contributed by atoms with E-state index in [2.05, 4.69) is 30.4 Å². The van der Waals surface area contributed by atoms with Crippen molar-refractivity contribution in [2.75, 3.05) is 0 Å². The van der Waals surface area contributed by atoms with Gasteiger partial charge in [-0.05, 0) is 43.4 Å². The second-order valence-electron chi connectivity index (χ2n) is 5.57. The number of hydrogen-bond donors (Lipinski definition) is 0. The molecule has 3 unspecified atom stereocenters. The van der Waals surface area contributed by atoms with Crippen molar-refractivity contribution in [1.82, 2.24) is 0 Å². The van der Waals surface area contributed by atoms with Crippen molar-refractivity contribution in [3.05, 3.63) is 36.0 Å². The van der Waals surface area contributed by atoms with Crippen molar-refractivity contribution in [1.29, 1.82) is 0 Å². The molecule has 1 heteroatoms. The van der Waals surface area contributed by atoms with Crippen LogP contribution >= 0.6 is 7.92 Å². The summed E-state index contributed by atoms with van der Waals surface area (Å²) in [5.74, 6) is 0.868. The molecule has 0 aromatic heterocycles. The summed E-state index contributed by atoms with van der Waals surface area (Å²) in [5, 5.41) is 0. The van der Waals surface area contributed by atoms with E-state index in [0.29, 0.717) is 0 Å². The van der Waals surface area contributed by atoms with Crippen molar-refractivity contribution < 1.29 is 0 Å². The molecule has 0 saturated carbocycles. The minimum atomic E-state index is 0.255. The van der Waals surface area contributed by atoms with Crippen LogP contribution in [-0.4, -0.2) is 17.0 Å². The van der Waals surface area contributed by atoms with Gasteiger partial charge in [-0.2, -0.15) is 0 Å². The van der Waals surface area contributed by atoms with Gasteiger partial charge in [-0.1, -0.05) is 43.9 Å². The Balaban J connectivity index is 1.71. The first kappa shape index (κ1) is 9.66. The van der Waals surface area contributed by atoms with E-state index in [1.54, 1.807) is 0 Å². The Kier molecular flexibility index (Phi) is 2.15. The van der Waals surface area contributed by atoms with Crippen molar-refractivity contribution in [3.63, 3.8) is 0 Å². The quantitative estimate of drug-likeness (QED) is 0.467. The molecule has 1 heterocycles. The summed E-state index contributed by atoms with van der Waals surface area (Å²) in [6, 6.07) is 0. The van der Waals surface area contributed by atoms with Crippen LogP contribution in [0.1, 0.15) is 32.1 Å². The average Bonchev–Trinajstić information content (AvgIpc) is 3.00. The van der Waals surface area contributed by atoms with Crippen LogP contribution in [0.3, 0.4) is 0 Å². The topological polar surface area (TPSA) is 0 Å². The first-order valence-corrected chi connectivity index (χ1v) is 8.31. The van der Waals surface area contributed by atoms with Gasteiger partial charge in [-0.15, -0.1) is 0 Å². The summed E-state index contributed by atoms with van der Waals surface area (Å²) in [6.45, 7) is 0. The first-order chi connectivity index (χ1) is 7.95. The number of rotatable bonds is 1. The minimum Gasteiger partial charge on any atom is -0.0879 e. The average molecular weight is 230 g/mol. The lowest BCUT2D eigenvalue weighted by Crippen LogP contribution is -2.13. The maximum atomic E-state index is 2.58. The lowest BCUT2D eigenvalue weighted by molar-refractivity contribution is 0.759. The van der Waals surface area contributed by atoms with Gasteiger partial charge in [0.05, 0.1) is 0 Å². The van der Waals surface area contributed by atoms with E-state index in [1.165, 1.54) is 32.1 Å². The standard InChI is InChI=1S/C15H19P/c1-2-6-11(5-1)16-14-9-3-7-12(14)13-8-4-10-15(13)16/h1,3,5,7-8,11-12,14-15H,2,4,6,9-10H2/t11?,12-,14?,15+,16?/m1/s1. The Bertz CT molecular complexity index is 390. The fourth-order valence-electron chi connectivity index (χ4n) is 4.24. The summed E-state index contributed by atoms with van der Waals surface area (Å²) in [6.07, 6.45) is 19.6. The van der Waals surface area contributed by atoms with Crippen LogP contribution in [0.5, 0.6) is 0 Å². The molecule has 0 aromatic rings. The van der Waals surface area contributed by atoms with Crippen molar-refractivity contribution in [3.8, 4) is 0 Å². The Morgan fingerprint density at radius 1 is 1.06 bits per heavy atom. The van der Waals surface area contributed by atoms with Gasteiger partial charge < -0.3 is 0 Å². The van der Waals surface area contributed by atoms with E-state index in [-0.39, 0.29) is 7.92 Å². The zero-order chi connectivity index (χ0) is 10.5. The first-order valence-electron chi connectivity index (χ1n) is 6.76. The van der Waals surface area contributed by atoms with Gasteiger partial charge in [0.1, 0.15) is 0 Å². The van der Waals surface area contributed by atoms with Gasteiger partial charge in [-0.3, -0.25) is 0 Å². The normalized spacial score (nSPS) is 48.5. The molecule has 5 atom stereocenters. The highest BCUT2D eigenvalue weighted by atomic mass is 31.1. The third kappa shape index (κ3) is 1.20. The molecule has 0 bridgehead atoms. The van der Waals surface area contributed by atoms with Crippen LogP contribution in [0.2, 0.25) is 0 Å². The van der Waals surface area contributed by atoms with Gasteiger partial charge in [0.15, 0.2) is 0 Å². The Hall–Kier alpha value is -0.350. The van der Waals surface area contributed by atoms with Crippen LogP contribution in [-0.2, 0) is 0 Å². The smallest absolute Gasteiger partial charge is 0.00540 e. The molecule has 1 aliphatic heterocycles. The zero-order valence-corrected chi connectivity index (χ0v) is 10.6. The molecule has 0 N–H and O–H groups in total. The summed E-state index contributed by atoms with van der Waals surface area (Å²) >= 11 is 0. The van der Waals surface area contributed by atoms with Crippen molar-refractivity contribution >= 4 is 7.92 Å². The molecule has 16 heavy (non-hydrogen) atoms. The predicted molar refractivity (Wildman–Crippen MR) is 71.2 cm³/mol. The van der Waals surface area contributed by atoms with Gasteiger partial charge in [0.25, 0.3) is 0 Å². The van der Waals surface area contributed by atoms with E-state index in [1.807, 2.05) is 5.57 Å². The molecule has 4 aliphatic rings. The summed E-state index contributed by atoms with van der Waals surface area (Å²) in [5.41, 5.74) is 4.86. The minimum absolute atomic E-state index is 0.255. The van der Waals surface area contributed by atoms with E-state index in [9.17, 15) is 0 Å². The second-order valence-corrected chi connectivity index (χ2v) is 8.42. The summed E-state index contributed by atoms with van der Waals surface area (Å²) in [4.78, 5) is 0.